The molecule has 19 heavy (non-hydrogen) atoms. The molecule has 0 amide bonds. The second kappa shape index (κ2) is 5.20. The standard InChI is InChI=1S/C17H20BF/c1-11-9-14(4)17(15(5)10-11)18(19)16-12(2)7-6-8-13(16)3/h6-10H,1-5H3. The van der Waals surface area contributed by atoms with E-state index in [2.05, 4.69) is 19.1 Å². The molecule has 0 fully saturated rings. The number of aryl methyl sites for hydroxylation is 5. The summed E-state index contributed by atoms with van der Waals surface area (Å²) in [6.07, 6.45) is 0. The summed E-state index contributed by atoms with van der Waals surface area (Å²) in [4.78, 5) is 0. The van der Waals surface area contributed by atoms with Gasteiger partial charge < -0.3 is 4.32 Å². The monoisotopic (exact) mass is 254 g/mol. The number of rotatable bonds is 2. The largest absolute Gasteiger partial charge is 0.414 e. The maximum atomic E-state index is 15.0. The molecule has 0 aliphatic rings. The summed E-state index contributed by atoms with van der Waals surface area (Å²) in [5.41, 5.74) is 6.94. The van der Waals surface area contributed by atoms with E-state index in [1.165, 1.54) is 5.56 Å². The summed E-state index contributed by atoms with van der Waals surface area (Å²) in [7, 11) is 0. The molecule has 2 rings (SSSR count). The van der Waals surface area contributed by atoms with E-state index in [4.69, 9.17) is 0 Å². The van der Waals surface area contributed by atoms with Gasteiger partial charge in [-0.15, -0.1) is 0 Å². The lowest BCUT2D eigenvalue weighted by atomic mass is 9.53. The molecule has 0 N–H and O–H groups in total. The molecule has 0 spiro atoms. The van der Waals surface area contributed by atoms with Gasteiger partial charge in [-0.05, 0) is 45.5 Å². The zero-order chi connectivity index (χ0) is 14.2. The molecule has 2 aromatic carbocycles. The lowest BCUT2D eigenvalue weighted by Gasteiger charge is -2.16. The van der Waals surface area contributed by atoms with Crippen molar-refractivity contribution in [1.29, 1.82) is 0 Å². The van der Waals surface area contributed by atoms with E-state index in [0.29, 0.717) is 0 Å². The highest BCUT2D eigenvalue weighted by Gasteiger charge is 2.26. The van der Waals surface area contributed by atoms with Crippen molar-refractivity contribution in [3.05, 3.63) is 58.1 Å². The Kier molecular flexibility index (Phi) is 3.79. The summed E-state index contributed by atoms with van der Waals surface area (Å²) >= 11 is 0. The van der Waals surface area contributed by atoms with E-state index in [1.54, 1.807) is 0 Å². The molecule has 0 aliphatic heterocycles. The smallest absolute Gasteiger partial charge is 0.322 e. The third-order valence-electron chi connectivity index (χ3n) is 3.79. The molecule has 0 nitrogen and oxygen atoms in total. The average Bonchev–Trinajstić information content (AvgIpc) is 2.26. The number of benzene rings is 2. The first-order chi connectivity index (χ1) is 8.91. The van der Waals surface area contributed by atoms with Gasteiger partial charge in [0.2, 0.25) is 0 Å². The Bertz CT molecular complexity index is 573. The third-order valence-corrected chi connectivity index (χ3v) is 3.79. The first kappa shape index (κ1) is 13.9. The number of hydrogen-bond acceptors (Lipinski definition) is 0. The van der Waals surface area contributed by atoms with Crippen LogP contribution in [0, 0.1) is 34.6 Å². The summed E-state index contributed by atoms with van der Waals surface area (Å²) in [6.45, 7) is 8.96. The van der Waals surface area contributed by atoms with E-state index in [9.17, 15) is 0 Å². The van der Waals surface area contributed by atoms with Gasteiger partial charge in [-0.2, -0.15) is 0 Å². The maximum absolute atomic E-state index is 15.0. The Morgan fingerprint density at radius 3 is 1.63 bits per heavy atom. The lowest BCUT2D eigenvalue weighted by Crippen LogP contribution is -2.44. The van der Waals surface area contributed by atoms with E-state index < -0.39 is 6.99 Å². The molecule has 0 aliphatic carbocycles. The van der Waals surface area contributed by atoms with Crippen LogP contribution in [0.25, 0.3) is 0 Å². The Morgan fingerprint density at radius 2 is 1.16 bits per heavy atom. The van der Waals surface area contributed by atoms with Gasteiger partial charge in [0.1, 0.15) is 0 Å². The van der Waals surface area contributed by atoms with Crippen LogP contribution in [0.5, 0.6) is 0 Å². The molecule has 0 atom stereocenters. The van der Waals surface area contributed by atoms with Crippen LogP contribution < -0.4 is 10.9 Å². The average molecular weight is 254 g/mol. The van der Waals surface area contributed by atoms with E-state index >= 15 is 4.32 Å². The van der Waals surface area contributed by atoms with Gasteiger partial charge in [-0.1, -0.05) is 58.1 Å². The second-order valence-corrected chi connectivity index (χ2v) is 5.48. The molecule has 0 aromatic heterocycles. The van der Waals surface area contributed by atoms with Gasteiger partial charge in [0.05, 0.1) is 0 Å². The van der Waals surface area contributed by atoms with Gasteiger partial charge in [0.15, 0.2) is 0 Å². The van der Waals surface area contributed by atoms with Crippen LogP contribution in [0.3, 0.4) is 0 Å². The van der Waals surface area contributed by atoms with Crippen LogP contribution >= 0.6 is 0 Å². The number of halogens is 1. The molecule has 2 aromatic rings. The van der Waals surface area contributed by atoms with Gasteiger partial charge in [-0.3, -0.25) is 0 Å². The highest BCUT2D eigenvalue weighted by molar-refractivity contribution is 6.80. The van der Waals surface area contributed by atoms with Gasteiger partial charge >= 0.3 is 6.99 Å². The summed E-state index contributed by atoms with van der Waals surface area (Å²) in [6, 6.07) is 10.1. The first-order valence-electron chi connectivity index (χ1n) is 6.69. The van der Waals surface area contributed by atoms with Crippen LogP contribution in [-0.2, 0) is 0 Å². The zero-order valence-electron chi connectivity index (χ0n) is 12.3. The molecule has 2 heteroatoms. The third kappa shape index (κ3) is 2.58. The molecule has 0 saturated carbocycles. The molecule has 0 radical (unpaired) electrons. The van der Waals surface area contributed by atoms with Gasteiger partial charge in [0.25, 0.3) is 0 Å². The molecule has 0 bridgehead atoms. The van der Waals surface area contributed by atoms with Crippen molar-refractivity contribution in [2.75, 3.05) is 0 Å². The fourth-order valence-electron chi connectivity index (χ4n) is 2.96. The minimum Gasteiger partial charge on any atom is -0.322 e. The van der Waals surface area contributed by atoms with Crippen LogP contribution in [0.2, 0.25) is 0 Å². The quantitative estimate of drug-likeness (QED) is 0.721. The van der Waals surface area contributed by atoms with E-state index in [-0.39, 0.29) is 0 Å². The Labute approximate surface area is 115 Å². The lowest BCUT2D eigenvalue weighted by molar-refractivity contribution is 0.862. The van der Waals surface area contributed by atoms with Crippen LogP contribution in [0.4, 0.5) is 4.32 Å². The highest BCUT2D eigenvalue weighted by Crippen LogP contribution is 2.10. The molecule has 98 valence electrons. The summed E-state index contributed by atoms with van der Waals surface area (Å²) in [5, 5.41) is 0. The van der Waals surface area contributed by atoms with Crippen molar-refractivity contribution in [3.8, 4) is 0 Å². The van der Waals surface area contributed by atoms with Gasteiger partial charge in [-0.25, -0.2) is 0 Å². The first-order valence-corrected chi connectivity index (χ1v) is 6.69. The molecular formula is C17H20BF. The predicted molar refractivity (Wildman–Crippen MR) is 82.7 cm³/mol. The Balaban J connectivity index is 2.60. The van der Waals surface area contributed by atoms with Crippen molar-refractivity contribution in [3.63, 3.8) is 0 Å². The topological polar surface area (TPSA) is 0 Å². The number of hydrogen-bond donors (Lipinski definition) is 0. The Hall–Kier alpha value is -1.57. The van der Waals surface area contributed by atoms with Crippen molar-refractivity contribution < 1.29 is 4.32 Å². The maximum Gasteiger partial charge on any atom is 0.414 e. The predicted octanol–water partition coefficient (Wildman–Crippen LogP) is 3.30. The highest BCUT2D eigenvalue weighted by atomic mass is 19.1. The SMILES string of the molecule is Cc1cc(C)c(B(F)c2c(C)cccc2C)c(C)c1. The minimum atomic E-state index is -1.04. The van der Waals surface area contributed by atoms with E-state index in [0.717, 1.165) is 33.2 Å². The molecule has 0 unspecified atom stereocenters. The summed E-state index contributed by atoms with van der Waals surface area (Å²) in [5.74, 6) is 0. The van der Waals surface area contributed by atoms with Gasteiger partial charge in [0, 0.05) is 0 Å². The van der Waals surface area contributed by atoms with E-state index in [1.807, 2.05) is 45.9 Å². The van der Waals surface area contributed by atoms with Crippen molar-refractivity contribution in [1.82, 2.24) is 0 Å². The normalized spacial score (nSPS) is 10.6. The molecular weight excluding hydrogens is 234 g/mol. The van der Waals surface area contributed by atoms with Crippen LogP contribution in [0.1, 0.15) is 27.8 Å². The minimum absolute atomic E-state index is 0.817. The molecule has 0 heterocycles. The van der Waals surface area contributed by atoms with Crippen molar-refractivity contribution in [2.24, 2.45) is 0 Å². The van der Waals surface area contributed by atoms with Crippen molar-refractivity contribution >= 4 is 17.9 Å². The van der Waals surface area contributed by atoms with Crippen molar-refractivity contribution in [2.45, 2.75) is 34.6 Å². The fourth-order valence-corrected chi connectivity index (χ4v) is 2.96. The fraction of sp³-hybridized carbons (Fsp3) is 0.294. The second-order valence-electron chi connectivity index (χ2n) is 5.48. The zero-order valence-corrected chi connectivity index (χ0v) is 12.3. The molecule has 0 saturated heterocycles. The summed E-state index contributed by atoms with van der Waals surface area (Å²) < 4.78 is 15.0. The Morgan fingerprint density at radius 1 is 0.737 bits per heavy atom. The van der Waals surface area contributed by atoms with Crippen LogP contribution in [-0.4, -0.2) is 6.99 Å². The van der Waals surface area contributed by atoms with Crippen LogP contribution in [0.15, 0.2) is 30.3 Å².